The van der Waals surface area contributed by atoms with E-state index >= 15 is 0 Å². The van der Waals surface area contributed by atoms with Crippen LogP contribution < -0.4 is 15.8 Å². The van der Waals surface area contributed by atoms with Gasteiger partial charge in [-0.15, -0.1) is 24.0 Å². The SMILES string of the molecule is COc1ccc(NC(N)=NCc2ccc(O)cc2)cc1Cl.I. The summed E-state index contributed by atoms with van der Waals surface area (Å²) in [6.45, 7) is 0.420. The van der Waals surface area contributed by atoms with Crippen LogP contribution in [-0.4, -0.2) is 18.2 Å². The Labute approximate surface area is 151 Å². The normalized spacial score (nSPS) is 10.7. The Morgan fingerprint density at radius 3 is 2.55 bits per heavy atom. The smallest absolute Gasteiger partial charge is 0.193 e. The molecule has 0 aliphatic heterocycles. The zero-order valence-corrected chi connectivity index (χ0v) is 15.0. The Hall–Kier alpha value is -1.67. The number of hydrogen-bond acceptors (Lipinski definition) is 3. The van der Waals surface area contributed by atoms with Crippen LogP contribution >= 0.6 is 35.6 Å². The summed E-state index contributed by atoms with van der Waals surface area (Å²) in [4.78, 5) is 4.22. The highest BCUT2D eigenvalue weighted by Gasteiger charge is 2.02. The van der Waals surface area contributed by atoms with Crippen LogP contribution in [0, 0.1) is 0 Å². The number of anilines is 1. The van der Waals surface area contributed by atoms with Crippen molar-refractivity contribution in [3.05, 3.63) is 53.1 Å². The second-order valence-corrected chi connectivity index (χ2v) is 4.75. The number of aliphatic imine (C=N–C) groups is 1. The minimum atomic E-state index is 0. The van der Waals surface area contributed by atoms with Crippen molar-refractivity contribution in [1.82, 2.24) is 0 Å². The van der Waals surface area contributed by atoms with Crippen LogP contribution in [-0.2, 0) is 6.54 Å². The first-order valence-electron chi connectivity index (χ1n) is 6.27. The monoisotopic (exact) mass is 433 g/mol. The van der Waals surface area contributed by atoms with Gasteiger partial charge in [-0.1, -0.05) is 23.7 Å². The molecular weight excluding hydrogens is 417 g/mol. The number of phenols is 1. The van der Waals surface area contributed by atoms with Gasteiger partial charge in [-0.25, -0.2) is 4.99 Å². The van der Waals surface area contributed by atoms with Crippen LogP contribution in [0.15, 0.2) is 47.5 Å². The third kappa shape index (κ3) is 5.27. The molecule has 4 N–H and O–H groups in total. The van der Waals surface area contributed by atoms with E-state index in [0.717, 1.165) is 11.3 Å². The molecule has 2 aromatic rings. The Kier molecular flexibility index (Phi) is 7.26. The van der Waals surface area contributed by atoms with Crippen molar-refractivity contribution in [2.24, 2.45) is 10.7 Å². The fourth-order valence-electron chi connectivity index (χ4n) is 1.71. The van der Waals surface area contributed by atoms with E-state index in [1.807, 2.05) is 0 Å². The van der Waals surface area contributed by atoms with Gasteiger partial charge in [0.05, 0.1) is 18.7 Å². The Morgan fingerprint density at radius 1 is 1.27 bits per heavy atom. The molecule has 7 heteroatoms. The topological polar surface area (TPSA) is 79.9 Å². The number of ether oxygens (including phenoxy) is 1. The molecule has 22 heavy (non-hydrogen) atoms. The molecule has 2 aromatic carbocycles. The van der Waals surface area contributed by atoms with Crippen molar-refractivity contribution in [3.63, 3.8) is 0 Å². The Bertz CT molecular complexity index is 648. The maximum Gasteiger partial charge on any atom is 0.193 e. The summed E-state index contributed by atoms with van der Waals surface area (Å²) in [5.74, 6) is 1.10. The molecule has 0 unspecified atom stereocenters. The summed E-state index contributed by atoms with van der Waals surface area (Å²) in [5, 5.41) is 12.7. The maximum atomic E-state index is 9.20. The summed E-state index contributed by atoms with van der Waals surface area (Å²) in [6.07, 6.45) is 0. The van der Waals surface area contributed by atoms with Gasteiger partial charge in [0.1, 0.15) is 11.5 Å². The highest BCUT2D eigenvalue weighted by Crippen LogP contribution is 2.27. The van der Waals surface area contributed by atoms with Gasteiger partial charge < -0.3 is 20.9 Å². The maximum absolute atomic E-state index is 9.20. The molecule has 0 saturated heterocycles. The van der Waals surface area contributed by atoms with Gasteiger partial charge in [0.25, 0.3) is 0 Å². The molecule has 0 radical (unpaired) electrons. The molecule has 0 amide bonds. The van der Waals surface area contributed by atoms with Crippen molar-refractivity contribution in [2.75, 3.05) is 12.4 Å². The highest BCUT2D eigenvalue weighted by atomic mass is 127. The van der Waals surface area contributed by atoms with E-state index < -0.39 is 0 Å². The molecule has 0 aromatic heterocycles. The zero-order chi connectivity index (χ0) is 15.2. The molecule has 0 atom stereocenters. The van der Waals surface area contributed by atoms with Gasteiger partial charge in [-0.05, 0) is 35.9 Å². The van der Waals surface area contributed by atoms with Crippen LogP contribution in [0.25, 0.3) is 0 Å². The average molecular weight is 434 g/mol. The van der Waals surface area contributed by atoms with E-state index in [4.69, 9.17) is 22.1 Å². The van der Waals surface area contributed by atoms with Gasteiger partial charge in [0.2, 0.25) is 0 Å². The summed E-state index contributed by atoms with van der Waals surface area (Å²) in [7, 11) is 1.56. The van der Waals surface area contributed by atoms with Crippen molar-refractivity contribution < 1.29 is 9.84 Å². The lowest BCUT2D eigenvalue weighted by Crippen LogP contribution is -2.22. The molecule has 0 fully saturated rings. The predicted octanol–water partition coefficient (Wildman–Crippen LogP) is 3.60. The van der Waals surface area contributed by atoms with E-state index in [1.165, 1.54) is 0 Å². The number of hydrogen-bond donors (Lipinski definition) is 3. The molecule has 0 bridgehead atoms. The van der Waals surface area contributed by atoms with Gasteiger partial charge in [-0.2, -0.15) is 0 Å². The minimum Gasteiger partial charge on any atom is -0.508 e. The molecule has 2 rings (SSSR count). The molecule has 0 aliphatic rings. The quantitative estimate of drug-likeness (QED) is 0.391. The molecule has 0 aliphatic carbocycles. The number of benzene rings is 2. The first-order valence-corrected chi connectivity index (χ1v) is 6.64. The number of aromatic hydroxyl groups is 1. The first-order chi connectivity index (χ1) is 10.1. The van der Waals surface area contributed by atoms with Crippen LogP contribution in [0.3, 0.4) is 0 Å². The van der Waals surface area contributed by atoms with E-state index in [-0.39, 0.29) is 35.7 Å². The number of methoxy groups -OCH3 is 1. The number of guanidine groups is 1. The number of phenolic OH excluding ortho intramolecular Hbond substituents is 1. The molecule has 0 heterocycles. The van der Waals surface area contributed by atoms with Crippen molar-refractivity contribution in [3.8, 4) is 11.5 Å². The van der Waals surface area contributed by atoms with E-state index in [9.17, 15) is 5.11 Å². The van der Waals surface area contributed by atoms with E-state index in [2.05, 4.69) is 10.3 Å². The second-order valence-electron chi connectivity index (χ2n) is 4.34. The fraction of sp³-hybridized carbons (Fsp3) is 0.133. The summed E-state index contributed by atoms with van der Waals surface area (Å²) in [5.41, 5.74) is 7.50. The zero-order valence-electron chi connectivity index (χ0n) is 11.9. The molecule has 5 nitrogen and oxygen atoms in total. The molecule has 0 saturated carbocycles. The third-order valence-corrected chi connectivity index (χ3v) is 3.09. The number of nitrogens with two attached hydrogens (primary N) is 1. The van der Waals surface area contributed by atoms with Gasteiger partial charge in [-0.3, -0.25) is 0 Å². The predicted molar refractivity (Wildman–Crippen MR) is 100 cm³/mol. The summed E-state index contributed by atoms with van der Waals surface area (Å²) >= 11 is 6.03. The minimum absolute atomic E-state index is 0. The number of halogens is 2. The van der Waals surface area contributed by atoms with Crippen molar-refractivity contribution in [1.29, 1.82) is 0 Å². The molecular formula is C15H17ClIN3O2. The number of nitrogens with one attached hydrogen (secondary N) is 1. The average Bonchev–Trinajstić information content (AvgIpc) is 2.47. The van der Waals surface area contributed by atoms with Crippen molar-refractivity contribution >= 4 is 47.2 Å². The first kappa shape index (κ1) is 18.4. The highest BCUT2D eigenvalue weighted by molar-refractivity contribution is 14.0. The molecule has 0 spiro atoms. The van der Waals surface area contributed by atoms with Gasteiger partial charge in [0, 0.05) is 5.69 Å². The van der Waals surface area contributed by atoms with Crippen LogP contribution in [0.4, 0.5) is 5.69 Å². The van der Waals surface area contributed by atoms with Crippen molar-refractivity contribution in [2.45, 2.75) is 6.54 Å². The second kappa shape index (κ2) is 8.70. The fourth-order valence-corrected chi connectivity index (χ4v) is 1.97. The lowest BCUT2D eigenvalue weighted by Gasteiger charge is -2.08. The van der Waals surface area contributed by atoms with Gasteiger partial charge in [0.15, 0.2) is 5.96 Å². The van der Waals surface area contributed by atoms with Crippen LogP contribution in [0.1, 0.15) is 5.56 Å². The number of rotatable bonds is 4. The lowest BCUT2D eigenvalue weighted by atomic mass is 10.2. The lowest BCUT2D eigenvalue weighted by molar-refractivity contribution is 0.415. The van der Waals surface area contributed by atoms with Crippen LogP contribution in [0.2, 0.25) is 5.02 Å². The van der Waals surface area contributed by atoms with E-state index in [0.29, 0.717) is 17.3 Å². The number of nitrogens with zero attached hydrogens (tertiary/aromatic N) is 1. The van der Waals surface area contributed by atoms with Crippen LogP contribution in [0.5, 0.6) is 11.5 Å². The van der Waals surface area contributed by atoms with Gasteiger partial charge >= 0.3 is 0 Å². The standard InChI is InChI=1S/C15H16ClN3O2.HI/c1-21-14-7-4-11(8-13(14)16)19-15(17)18-9-10-2-5-12(20)6-3-10;/h2-8,20H,9H2,1H3,(H3,17,18,19);1H. The largest absolute Gasteiger partial charge is 0.508 e. The summed E-state index contributed by atoms with van der Waals surface area (Å²) in [6, 6.07) is 12.1. The Balaban J connectivity index is 0.00000242. The molecule has 118 valence electrons. The van der Waals surface area contributed by atoms with E-state index in [1.54, 1.807) is 49.6 Å². The third-order valence-electron chi connectivity index (χ3n) is 2.79. The summed E-state index contributed by atoms with van der Waals surface area (Å²) < 4.78 is 5.08. The Morgan fingerprint density at radius 2 is 1.95 bits per heavy atom.